The van der Waals surface area contributed by atoms with E-state index in [2.05, 4.69) is 10.5 Å². The first kappa shape index (κ1) is 10.7. The molecule has 1 rings (SSSR count). The van der Waals surface area contributed by atoms with Gasteiger partial charge in [0, 0.05) is 0 Å². The van der Waals surface area contributed by atoms with Crippen molar-refractivity contribution in [3.8, 4) is 12.1 Å². The zero-order valence-electron chi connectivity index (χ0n) is 7.95. The molecule has 0 spiro atoms. The number of halogens is 1. The molecule has 0 saturated carbocycles. The number of nitrogens with zero attached hydrogens (tertiary/aromatic N) is 3. The van der Waals surface area contributed by atoms with E-state index in [0.29, 0.717) is 11.3 Å². The fourth-order valence-electron chi connectivity index (χ4n) is 0.858. The number of aryl methyl sites for hydroxylation is 1. The molecule has 0 amide bonds. The SMILES string of the molecule is Cc1ccc(NN=C(C#N)C#N)cc1F. The van der Waals surface area contributed by atoms with Crippen molar-refractivity contribution in [1.29, 1.82) is 10.5 Å². The number of benzene rings is 1. The highest BCUT2D eigenvalue weighted by Crippen LogP contribution is 2.13. The molecule has 1 aromatic carbocycles. The summed E-state index contributed by atoms with van der Waals surface area (Å²) < 4.78 is 13.0. The molecule has 0 aliphatic heterocycles. The van der Waals surface area contributed by atoms with Crippen LogP contribution in [0, 0.1) is 35.4 Å². The molecule has 0 radical (unpaired) electrons. The van der Waals surface area contributed by atoms with E-state index in [9.17, 15) is 4.39 Å². The van der Waals surface area contributed by atoms with Gasteiger partial charge in [-0.2, -0.15) is 15.6 Å². The third-order valence-corrected chi connectivity index (χ3v) is 1.68. The Hall–Kier alpha value is -2.40. The number of rotatable bonds is 2. The van der Waals surface area contributed by atoms with Crippen LogP contribution >= 0.6 is 0 Å². The van der Waals surface area contributed by atoms with Gasteiger partial charge in [0.15, 0.2) is 0 Å². The van der Waals surface area contributed by atoms with Crippen LogP contribution in [0.4, 0.5) is 10.1 Å². The molecule has 0 bridgehead atoms. The highest BCUT2D eigenvalue weighted by atomic mass is 19.1. The fraction of sp³-hybridized carbons (Fsp3) is 0.100. The maximum absolute atomic E-state index is 13.0. The van der Waals surface area contributed by atoms with Crippen molar-refractivity contribution >= 4 is 11.4 Å². The van der Waals surface area contributed by atoms with E-state index in [0.717, 1.165) is 0 Å². The number of hydrogen-bond donors (Lipinski definition) is 1. The molecule has 15 heavy (non-hydrogen) atoms. The zero-order valence-corrected chi connectivity index (χ0v) is 7.95. The topological polar surface area (TPSA) is 72.0 Å². The average molecular weight is 202 g/mol. The highest BCUT2D eigenvalue weighted by molar-refractivity contribution is 6.10. The van der Waals surface area contributed by atoms with Crippen molar-refractivity contribution in [2.24, 2.45) is 5.10 Å². The largest absolute Gasteiger partial charge is 0.276 e. The van der Waals surface area contributed by atoms with Gasteiger partial charge in [-0.25, -0.2) is 4.39 Å². The summed E-state index contributed by atoms with van der Waals surface area (Å²) in [5, 5.41) is 20.3. The molecule has 0 aliphatic carbocycles. The van der Waals surface area contributed by atoms with Gasteiger partial charge in [-0.15, -0.1) is 0 Å². The first-order valence-electron chi connectivity index (χ1n) is 4.07. The Kier molecular flexibility index (Phi) is 3.37. The predicted octanol–water partition coefficient (Wildman–Crippen LogP) is 1.95. The van der Waals surface area contributed by atoms with E-state index < -0.39 is 0 Å². The van der Waals surface area contributed by atoms with E-state index in [1.54, 1.807) is 31.2 Å². The van der Waals surface area contributed by atoms with Gasteiger partial charge >= 0.3 is 0 Å². The Bertz CT molecular complexity index is 463. The van der Waals surface area contributed by atoms with Crippen molar-refractivity contribution in [3.05, 3.63) is 29.6 Å². The first-order valence-corrected chi connectivity index (χ1v) is 4.07. The minimum Gasteiger partial charge on any atom is -0.276 e. The smallest absolute Gasteiger partial charge is 0.237 e. The predicted molar refractivity (Wildman–Crippen MR) is 53.4 cm³/mol. The molecular formula is C10H7FN4. The van der Waals surface area contributed by atoms with Gasteiger partial charge in [-0.05, 0) is 24.6 Å². The van der Waals surface area contributed by atoms with Crippen LogP contribution in [-0.4, -0.2) is 5.71 Å². The lowest BCUT2D eigenvalue weighted by Crippen LogP contribution is -1.97. The van der Waals surface area contributed by atoms with Gasteiger partial charge < -0.3 is 0 Å². The number of hydrazone groups is 1. The maximum atomic E-state index is 13.0. The van der Waals surface area contributed by atoms with Crippen LogP contribution in [0.1, 0.15) is 5.56 Å². The van der Waals surface area contributed by atoms with E-state index >= 15 is 0 Å². The van der Waals surface area contributed by atoms with E-state index in [1.807, 2.05) is 0 Å². The molecule has 1 aromatic rings. The second-order valence-electron chi connectivity index (χ2n) is 2.76. The molecule has 4 nitrogen and oxygen atoms in total. The van der Waals surface area contributed by atoms with Gasteiger partial charge in [-0.3, -0.25) is 5.43 Å². The molecule has 5 heteroatoms. The van der Waals surface area contributed by atoms with Crippen LogP contribution in [0.2, 0.25) is 0 Å². The van der Waals surface area contributed by atoms with Crippen LogP contribution in [0.3, 0.4) is 0 Å². The van der Waals surface area contributed by atoms with Crippen molar-refractivity contribution in [3.63, 3.8) is 0 Å². The standard InChI is InChI=1S/C10H7FN4/c1-7-2-3-8(4-10(7)11)14-15-9(5-12)6-13/h2-4,14H,1H3. The number of anilines is 1. The lowest BCUT2D eigenvalue weighted by Gasteiger charge is -2.01. The monoisotopic (exact) mass is 202 g/mol. The average Bonchev–Trinajstić information content (AvgIpc) is 2.24. The van der Waals surface area contributed by atoms with E-state index in [-0.39, 0.29) is 11.5 Å². The summed E-state index contributed by atoms with van der Waals surface area (Å²) >= 11 is 0. The minimum atomic E-state index is -0.370. The minimum absolute atomic E-state index is 0.309. The molecule has 0 heterocycles. The maximum Gasteiger partial charge on any atom is 0.237 e. The van der Waals surface area contributed by atoms with Crippen LogP contribution in [0.15, 0.2) is 23.3 Å². The Morgan fingerprint density at radius 1 is 1.40 bits per heavy atom. The first-order chi connectivity index (χ1) is 7.17. The molecule has 0 fully saturated rings. The summed E-state index contributed by atoms with van der Waals surface area (Å²) in [4.78, 5) is 0. The Balaban J connectivity index is 2.84. The van der Waals surface area contributed by atoms with Gasteiger partial charge in [0.1, 0.15) is 18.0 Å². The van der Waals surface area contributed by atoms with Gasteiger partial charge in [0.25, 0.3) is 0 Å². The molecule has 74 valence electrons. The molecular weight excluding hydrogens is 195 g/mol. The number of nitrogens with one attached hydrogen (secondary N) is 1. The molecule has 0 aliphatic rings. The van der Waals surface area contributed by atoms with Crippen LogP contribution < -0.4 is 5.43 Å². The number of hydrogen-bond acceptors (Lipinski definition) is 4. The Labute approximate surface area is 86.3 Å². The number of nitriles is 2. The zero-order chi connectivity index (χ0) is 11.3. The fourth-order valence-corrected chi connectivity index (χ4v) is 0.858. The van der Waals surface area contributed by atoms with Crippen LogP contribution in [-0.2, 0) is 0 Å². The van der Waals surface area contributed by atoms with E-state index in [1.165, 1.54) is 6.07 Å². The molecule has 0 atom stereocenters. The lowest BCUT2D eigenvalue weighted by molar-refractivity contribution is 0.619. The van der Waals surface area contributed by atoms with Crippen molar-refractivity contribution in [2.45, 2.75) is 6.92 Å². The van der Waals surface area contributed by atoms with Crippen molar-refractivity contribution in [2.75, 3.05) is 5.43 Å². The van der Waals surface area contributed by atoms with Gasteiger partial charge in [0.05, 0.1) is 5.69 Å². The second kappa shape index (κ2) is 4.73. The summed E-state index contributed by atoms with van der Waals surface area (Å²) in [6.07, 6.45) is 0. The van der Waals surface area contributed by atoms with Crippen LogP contribution in [0.25, 0.3) is 0 Å². The third-order valence-electron chi connectivity index (χ3n) is 1.68. The summed E-state index contributed by atoms with van der Waals surface area (Å²) in [5.41, 5.74) is 3.02. The summed E-state index contributed by atoms with van der Waals surface area (Å²) in [6.45, 7) is 1.64. The second-order valence-corrected chi connectivity index (χ2v) is 2.76. The normalized spacial score (nSPS) is 8.53. The molecule has 0 aromatic heterocycles. The molecule has 0 unspecified atom stereocenters. The Morgan fingerprint density at radius 3 is 2.60 bits per heavy atom. The quantitative estimate of drug-likeness (QED) is 0.588. The third kappa shape index (κ3) is 2.78. The van der Waals surface area contributed by atoms with Crippen molar-refractivity contribution in [1.82, 2.24) is 0 Å². The lowest BCUT2D eigenvalue weighted by atomic mass is 10.2. The van der Waals surface area contributed by atoms with Gasteiger partial charge in [0.2, 0.25) is 5.71 Å². The van der Waals surface area contributed by atoms with Gasteiger partial charge in [-0.1, -0.05) is 6.07 Å². The van der Waals surface area contributed by atoms with E-state index in [4.69, 9.17) is 10.5 Å². The summed E-state index contributed by atoms with van der Waals surface area (Å²) in [7, 11) is 0. The van der Waals surface area contributed by atoms with Crippen LogP contribution in [0.5, 0.6) is 0 Å². The summed E-state index contributed by atoms with van der Waals surface area (Å²) in [5.74, 6) is -0.370. The Morgan fingerprint density at radius 2 is 2.07 bits per heavy atom. The molecule has 0 saturated heterocycles. The summed E-state index contributed by atoms with van der Waals surface area (Å²) in [6, 6.07) is 7.58. The van der Waals surface area contributed by atoms with Crippen molar-refractivity contribution < 1.29 is 4.39 Å². The highest BCUT2D eigenvalue weighted by Gasteiger charge is 1.98. The molecule has 1 N–H and O–H groups in total.